The van der Waals surface area contributed by atoms with Crippen LogP contribution in [0.5, 0.6) is 0 Å². The van der Waals surface area contributed by atoms with Crippen molar-refractivity contribution in [3.05, 3.63) is 189 Å². The molecule has 0 aliphatic heterocycles. The monoisotopic (exact) mass is 852 g/mol. The number of aromatic nitrogens is 4. The van der Waals surface area contributed by atoms with Gasteiger partial charge in [-0.15, -0.1) is 0 Å². The fraction of sp³-hybridized carbons (Fsp3) is 0.154. The van der Waals surface area contributed by atoms with Gasteiger partial charge < -0.3 is 25.3 Å². The molecule has 0 atom stereocenters. The molecule has 0 fully saturated rings. The maximum absolute atomic E-state index is 7.93. The van der Waals surface area contributed by atoms with Gasteiger partial charge in [0.1, 0.15) is 5.69 Å². The van der Waals surface area contributed by atoms with Gasteiger partial charge in [0.2, 0.25) is 0 Å². The van der Waals surface area contributed by atoms with Crippen LogP contribution in [-0.2, 0) is 0 Å². The van der Waals surface area contributed by atoms with Crippen molar-refractivity contribution in [1.29, 1.82) is 0 Å². The summed E-state index contributed by atoms with van der Waals surface area (Å²) in [6.07, 6.45) is 17.0. The molecular formula is C52H57N10P+4. The van der Waals surface area contributed by atoms with Crippen molar-refractivity contribution in [3.8, 4) is 22.7 Å². The van der Waals surface area contributed by atoms with Gasteiger partial charge in [-0.05, 0) is 0 Å². The first-order chi connectivity index (χ1) is 30.5. The zero-order chi connectivity index (χ0) is 44.3. The number of nitrogens with zero attached hydrogens (tertiary/aromatic N) is 9. The van der Waals surface area contributed by atoms with Gasteiger partial charge >= 0.3 is 22.7 Å². The number of hydrogen-bond donors (Lipinski definition) is 1. The van der Waals surface area contributed by atoms with Crippen LogP contribution in [0.2, 0.25) is 0 Å². The van der Waals surface area contributed by atoms with E-state index >= 15 is 0 Å². The molecule has 0 unspecified atom stereocenters. The number of nitrogens with two attached hydrogens (primary N) is 1. The third-order valence-electron chi connectivity index (χ3n) is 11.4. The van der Waals surface area contributed by atoms with E-state index in [0.717, 1.165) is 61.4 Å². The molecule has 8 aromatic rings. The van der Waals surface area contributed by atoms with Crippen molar-refractivity contribution < 1.29 is 18.3 Å². The molecular weight excluding hydrogens is 796 g/mol. The van der Waals surface area contributed by atoms with Crippen LogP contribution in [0.25, 0.3) is 22.7 Å². The molecule has 316 valence electrons. The van der Waals surface area contributed by atoms with Crippen molar-refractivity contribution in [2.24, 2.45) is 4.74 Å². The minimum absolute atomic E-state index is 0.539. The molecule has 0 bridgehead atoms. The Kier molecular flexibility index (Phi) is 12.1. The molecule has 0 radical (unpaired) electrons. The van der Waals surface area contributed by atoms with E-state index in [1.807, 2.05) is 0 Å². The Hall–Kier alpha value is -7.29. The number of rotatable bonds is 12. The zero-order valence-electron chi connectivity index (χ0n) is 37.4. The molecule has 63 heavy (non-hydrogen) atoms. The summed E-state index contributed by atoms with van der Waals surface area (Å²) < 4.78 is 15.0. The summed E-state index contributed by atoms with van der Waals surface area (Å²) in [4.78, 5) is 8.44. The van der Waals surface area contributed by atoms with Gasteiger partial charge in [-0.2, -0.15) is 18.3 Å². The molecule has 0 aliphatic rings. The third-order valence-corrected chi connectivity index (χ3v) is 15.0. The summed E-state index contributed by atoms with van der Waals surface area (Å²) in [5.41, 5.74) is 16.9. The first kappa shape index (κ1) is 42.4. The first-order valence-corrected chi connectivity index (χ1v) is 22.8. The molecule has 0 amide bonds. The standard InChI is InChI=1S/C52H57N10P/c1-55(2)40-24-32-59(33-25-40)49-47(53)48(54-63(44-18-12-9-13-19-44,45-20-14-10-15-21-45)46-22-16-11-17-23-46)50(60-34-26-41(27-35-60)56(3)4)52(62-38-30-43(31-39-62)58(7)8)51(49)61-36-28-42(29-37-61)57(5)6/h9-39H,53H2,1-8H3/q+4. The van der Waals surface area contributed by atoms with Crippen LogP contribution >= 0.6 is 7.05 Å². The van der Waals surface area contributed by atoms with Crippen LogP contribution in [0, 0.1) is 0 Å². The smallest absolute Gasteiger partial charge is 0.365 e. The van der Waals surface area contributed by atoms with Gasteiger partial charge in [-0.25, -0.2) is 4.74 Å². The number of benzene rings is 4. The molecule has 0 saturated carbocycles. The number of nitrogen functional groups attached to an aromatic ring is 1. The topological polar surface area (TPSA) is 66.9 Å². The fourth-order valence-electron chi connectivity index (χ4n) is 7.96. The molecule has 0 aliphatic carbocycles. The van der Waals surface area contributed by atoms with Crippen molar-refractivity contribution in [1.82, 2.24) is 0 Å². The molecule has 2 N–H and O–H groups in total. The quantitative estimate of drug-likeness (QED) is 0.0871. The Morgan fingerprint density at radius 2 is 0.603 bits per heavy atom. The largest absolute Gasteiger partial charge is 0.391 e. The molecule has 4 heterocycles. The summed E-state index contributed by atoms with van der Waals surface area (Å²) in [6.45, 7) is 0. The number of hydrogen-bond acceptors (Lipinski definition) is 6. The normalized spacial score (nSPS) is 11.2. The van der Waals surface area contributed by atoms with E-state index in [2.05, 4.69) is 283 Å². The highest BCUT2D eigenvalue weighted by Crippen LogP contribution is 2.52. The SMILES string of the molecule is CN(C)c1cc[n+](-c2c(N)c(N=P(c3ccccc3)(c3ccccc3)c3ccccc3)c(-[n+]3ccc(N(C)C)cc3)c(-[n+]3ccc(N(C)C)cc3)c2-[n+]2ccc(N(C)C)cc2)cc1. The minimum atomic E-state index is -2.86. The van der Waals surface area contributed by atoms with E-state index in [0.29, 0.717) is 11.4 Å². The van der Waals surface area contributed by atoms with Crippen LogP contribution in [-0.4, -0.2) is 56.4 Å². The van der Waals surface area contributed by atoms with Crippen molar-refractivity contribution >= 4 is 57.1 Å². The maximum atomic E-state index is 7.93. The van der Waals surface area contributed by atoms with Crippen molar-refractivity contribution in [2.75, 3.05) is 81.7 Å². The summed E-state index contributed by atoms with van der Waals surface area (Å²) in [6, 6.07) is 49.3. The highest BCUT2D eigenvalue weighted by atomic mass is 31.2. The molecule has 0 saturated heterocycles. The Labute approximate surface area is 372 Å². The lowest BCUT2D eigenvalue weighted by Gasteiger charge is -2.27. The predicted molar refractivity (Wildman–Crippen MR) is 262 cm³/mol. The Bertz CT molecular complexity index is 2760. The maximum Gasteiger partial charge on any atom is 0.365 e. The van der Waals surface area contributed by atoms with Gasteiger partial charge in [0, 0.05) is 144 Å². The second kappa shape index (κ2) is 18.0. The van der Waals surface area contributed by atoms with E-state index in [4.69, 9.17) is 10.5 Å². The zero-order valence-corrected chi connectivity index (χ0v) is 38.3. The molecule has 0 spiro atoms. The summed E-state index contributed by atoms with van der Waals surface area (Å²) in [5.74, 6) is 0. The summed E-state index contributed by atoms with van der Waals surface area (Å²) in [5, 5.41) is 3.35. The van der Waals surface area contributed by atoms with Crippen LogP contribution in [0.4, 0.5) is 34.1 Å². The second-order valence-corrected chi connectivity index (χ2v) is 19.4. The highest BCUT2D eigenvalue weighted by molar-refractivity contribution is 7.87. The minimum Gasteiger partial charge on any atom is -0.391 e. The van der Waals surface area contributed by atoms with E-state index in [9.17, 15) is 0 Å². The van der Waals surface area contributed by atoms with Gasteiger partial charge in [0.25, 0.3) is 0 Å². The van der Waals surface area contributed by atoms with Gasteiger partial charge in [0.05, 0.1) is 7.05 Å². The molecule has 4 aromatic heterocycles. The van der Waals surface area contributed by atoms with Crippen LogP contribution in [0.3, 0.4) is 0 Å². The van der Waals surface area contributed by atoms with Gasteiger partial charge in [-0.1, -0.05) is 91.0 Å². The van der Waals surface area contributed by atoms with E-state index in [1.165, 1.54) is 0 Å². The Morgan fingerprint density at radius 1 is 0.349 bits per heavy atom. The average Bonchev–Trinajstić information content (AvgIpc) is 3.32. The van der Waals surface area contributed by atoms with E-state index in [1.54, 1.807) is 0 Å². The Morgan fingerprint density at radius 3 is 0.889 bits per heavy atom. The van der Waals surface area contributed by atoms with Crippen molar-refractivity contribution in [3.63, 3.8) is 0 Å². The molecule has 4 aromatic carbocycles. The molecule has 10 nitrogen and oxygen atoms in total. The van der Waals surface area contributed by atoms with Crippen LogP contribution in [0.15, 0.2) is 194 Å². The van der Waals surface area contributed by atoms with Crippen LogP contribution in [0.1, 0.15) is 0 Å². The number of pyridine rings is 4. The Balaban J connectivity index is 1.66. The fourth-order valence-corrected chi connectivity index (χ4v) is 11.5. The lowest BCUT2D eigenvalue weighted by Crippen LogP contribution is -2.48. The summed E-state index contributed by atoms with van der Waals surface area (Å²) >= 11 is 0. The lowest BCUT2D eigenvalue weighted by atomic mass is 10.1. The molecule has 11 heteroatoms. The third kappa shape index (κ3) is 8.25. The number of anilines is 5. The molecule has 8 rings (SSSR count). The van der Waals surface area contributed by atoms with E-state index < -0.39 is 7.05 Å². The predicted octanol–water partition coefficient (Wildman–Crippen LogP) is 6.45. The van der Waals surface area contributed by atoms with E-state index in [-0.39, 0.29) is 0 Å². The highest BCUT2D eigenvalue weighted by Gasteiger charge is 2.46. The average molecular weight is 853 g/mol. The summed E-state index contributed by atoms with van der Waals surface area (Å²) in [7, 11) is 13.6. The van der Waals surface area contributed by atoms with Crippen LogP contribution < -0.4 is 59.5 Å². The second-order valence-electron chi connectivity index (χ2n) is 16.3. The lowest BCUT2D eigenvalue weighted by molar-refractivity contribution is -0.661. The van der Waals surface area contributed by atoms with Crippen molar-refractivity contribution in [2.45, 2.75) is 0 Å². The first-order valence-electron chi connectivity index (χ1n) is 21.0. The van der Waals surface area contributed by atoms with Gasteiger partial charge in [0.15, 0.2) is 55.3 Å². The van der Waals surface area contributed by atoms with Gasteiger partial charge in [-0.3, -0.25) is 0 Å².